The molecular formula is C22H24N2O6S3. The number of hydrogen-bond donors (Lipinski definition) is 0. The summed E-state index contributed by atoms with van der Waals surface area (Å²) in [4.78, 5) is 3.44. The Bertz CT molecular complexity index is 1320. The minimum absolute atomic E-state index is 0.808. The van der Waals surface area contributed by atoms with Crippen molar-refractivity contribution in [3.8, 4) is 11.5 Å². The van der Waals surface area contributed by atoms with E-state index in [0.717, 1.165) is 18.6 Å². The van der Waals surface area contributed by atoms with E-state index in [0.29, 0.717) is 0 Å². The van der Waals surface area contributed by atoms with Gasteiger partial charge < -0.3 is 18.9 Å². The van der Waals surface area contributed by atoms with E-state index < -0.39 is 10.4 Å². The van der Waals surface area contributed by atoms with Crippen molar-refractivity contribution in [3.63, 3.8) is 0 Å². The molecule has 1 aliphatic rings. The van der Waals surface area contributed by atoms with Crippen LogP contribution in [0.2, 0.25) is 0 Å². The maximum atomic E-state index is 9.22. The van der Waals surface area contributed by atoms with Gasteiger partial charge in [-0.15, -0.1) is 0 Å². The summed E-state index contributed by atoms with van der Waals surface area (Å²) in [6, 6.07) is 12.4. The standard InChI is InChI=1S/C21H21N2O2S2.CH4O4S/c1-22-16-12-14(24-3)8-10-18(16)26-20(22)6-5-7-21-23(2)17-13-15(25-4)9-11-19(17)27-21;1-5-6(2,3)4/h5-13H,1-4H3;1H3,(H,2,3,4)/q+1;/p-1. The highest BCUT2D eigenvalue weighted by atomic mass is 32.3. The van der Waals surface area contributed by atoms with Crippen LogP contribution < -0.4 is 18.9 Å². The van der Waals surface area contributed by atoms with Gasteiger partial charge in [-0.05, 0) is 30.3 Å². The molecule has 0 amide bonds. The van der Waals surface area contributed by atoms with Crippen LogP contribution >= 0.6 is 23.1 Å². The molecule has 2 aromatic carbocycles. The van der Waals surface area contributed by atoms with Crippen molar-refractivity contribution in [2.24, 2.45) is 7.05 Å². The number of thioether (sulfide) groups is 1. The molecule has 8 nitrogen and oxygen atoms in total. The number of methoxy groups -OCH3 is 2. The number of thiazole rings is 1. The third-order valence-corrected chi connectivity index (χ3v) is 7.60. The predicted octanol–water partition coefficient (Wildman–Crippen LogP) is 3.93. The Morgan fingerprint density at radius 2 is 1.70 bits per heavy atom. The zero-order valence-corrected chi connectivity index (χ0v) is 21.2. The van der Waals surface area contributed by atoms with Gasteiger partial charge in [0, 0.05) is 24.1 Å². The molecule has 0 atom stereocenters. The molecule has 0 saturated carbocycles. The van der Waals surface area contributed by atoms with Crippen molar-refractivity contribution >= 4 is 55.5 Å². The molecule has 2 heterocycles. The maximum Gasteiger partial charge on any atom is 0.262 e. The van der Waals surface area contributed by atoms with Gasteiger partial charge in [0.2, 0.25) is 15.9 Å². The van der Waals surface area contributed by atoms with Crippen LogP contribution in [0.1, 0.15) is 5.01 Å². The quantitative estimate of drug-likeness (QED) is 0.291. The number of aromatic nitrogens is 1. The molecule has 0 unspecified atom stereocenters. The summed E-state index contributed by atoms with van der Waals surface area (Å²) in [6.45, 7) is 0. The average Bonchev–Trinajstić information content (AvgIpc) is 3.29. The van der Waals surface area contributed by atoms with Crippen molar-refractivity contribution in [2.45, 2.75) is 4.90 Å². The molecule has 0 radical (unpaired) electrons. The van der Waals surface area contributed by atoms with Crippen LogP contribution in [-0.4, -0.2) is 41.3 Å². The van der Waals surface area contributed by atoms with Gasteiger partial charge in [-0.1, -0.05) is 29.2 Å². The van der Waals surface area contributed by atoms with Gasteiger partial charge in [0.15, 0.2) is 0 Å². The number of aryl methyl sites for hydroxylation is 1. The molecule has 0 N–H and O–H groups in total. The highest BCUT2D eigenvalue weighted by Crippen LogP contribution is 2.46. The summed E-state index contributed by atoms with van der Waals surface area (Å²) in [7, 11) is 3.97. The molecule has 0 aliphatic carbocycles. The number of rotatable bonds is 5. The number of benzene rings is 2. The second-order valence-electron chi connectivity index (χ2n) is 6.77. The molecule has 0 spiro atoms. The average molecular weight is 509 g/mol. The lowest BCUT2D eigenvalue weighted by atomic mass is 10.3. The lowest BCUT2D eigenvalue weighted by Crippen LogP contribution is -2.28. The van der Waals surface area contributed by atoms with E-state index in [2.05, 4.69) is 70.2 Å². The zero-order valence-electron chi connectivity index (χ0n) is 18.8. The van der Waals surface area contributed by atoms with Gasteiger partial charge in [-0.3, -0.25) is 4.18 Å². The van der Waals surface area contributed by atoms with Gasteiger partial charge in [0.25, 0.3) is 5.01 Å². The molecule has 0 bridgehead atoms. The molecule has 0 fully saturated rings. The summed E-state index contributed by atoms with van der Waals surface area (Å²) in [5.41, 5.74) is 2.36. The zero-order chi connectivity index (χ0) is 24.2. The Labute approximate surface area is 201 Å². The fourth-order valence-corrected chi connectivity index (χ4v) is 5.14. The highest BCUT2D eigenvalue weighted by molar-refractivity contribution is 8.03. The second-order valence-corrected chi connectivity index (χ2v) is 10.0. The Balaban J connectivity index is 0.000000454. The lowest BCUT2D eigenvalue weighted by Gasteiger charge is -2.13. The Kier molecular flexibility index (Phi) is 8.03. The molecule has 0 saturated heterocycles. The second kappa shape index (κ2) is 10.6. The predicted molar refractivity (Wildman–Crippen MR) is 131 cm³/mol. The summed E-state index contributed by atoms with van der Waals surface area (Å²) in [6.07, 6.45) is 6.42. The third-order valence-electron chi connectivity index (χ3n) is 4.83. The first-order valence-corrected chi connectivity index (χ1v) is 12.6. The smallest absolute Gasteiger partial charge is 0.262 e. The van der Waals surface area contributed by atoms with Crippen LogP contribution in [0.3, 0.4) is 0 Å². The van der Waals surface area contributed by atoms with E-state index in [9.17, 15) is 13.0 Å². The normalized spacial score (nSPS) is 14.5. The third kappa shape index (κ3) is 6.06. The van der Waals surface area contributed by atoms with Crippen LogP contribution in [0, 0.1) is 0 Å². The van der Waals surface area contributed by atoms with E-state index >= 15 is 0 Å². The molecule has 33 heavy (non-hydrogen) atoms. The van der Waals surface area contributed by atoms with Crippen molar-refractivity contribution in [1.29, 1.82) is 0 Å². The number of anilines is 1. The van der Waals surface area contributed by atoms with Crippen LogP contribution in [-0.2, 0) is 21.6 Å². The molecule has 11 heteroatoms. The number of allylic oxidation sites excluding steroid dienone is 2. The molecule has 176 valence electrons. The number of hydrogen-bond acceptors (Lipinski definition) is 9. The van der Waals surface area contributed by atoms with Crippen LogP contribution in [0.4, 0.5) is 5.69 Å². The van der Waals surface area contributed by atoms with E-state index in [-0.39, 0.29) is 0 Å². The van der Waals surface area contributed by atoms with Crippen LogP contribution in [0.15, 0.2) is 58.5 Å². The van der Waals surface area contributed by atoms with E-state index in [1.165, 1.54) is 30.8 Å². The molecule has 1 aliphatic heterocycles. The van der Waals surface area contributed by atoms with E-state index in [1.807, 2.05) is 12.1 Å². The van der Waals surface area contributed by atoms with Gasteiger partial charge in [0.05, 0.1) is 38.1 Å². The first-order chi connectivity index (χ1) is 15.7. The van der Waals surface area contributed by atoms with Crippen LogP contribution in [0.25, 0.3) is 16.3 Å². The molecular weight excluding hydrogens is 484 g/mol. The summed E-state index contributed by atoms with van der Waals surface area (Å²) in [5.74, 6) is 1.76. The minimum atomic E-state index is -4.41. The number of nitrogens with zero attached hydrogens (tertiary/aromatic N) is 2. The van der Waals surface area contributed by atoms with E-state index in [4.69, 9.17) is 9.47 Å². The monoisotopic (exact) mass is 508 g/mol. The molecule has 1 aromatic heterocycles. The van der Waals surface area contributed by atoms with Gasteiger partial charge in [-0.2, -0.15) is 4.57 Å². The number of ether oxygens (including phenoxy) is 2. The molecule has 3 aromatic rings. The highest BCUT2D eigenvalue weighted by Gasteiger charge is 2.22. The van der Waals surface area contributed by atoms with Gasteiger partial charge >= 0.3 is 0 Å². The summed E-state index contributed by atoms with van der Waals surface area (Å²) < 4.78 is 45.1. The SMILES string of the molecule is COS(=O)(=O)[O-].COc1ccc2c(c1)N(C)/C(=C/C=C/c1sc3ccc(OC)cc3[n+]1C)S2. The topological polar surface area (TPSA) is 92.0 Å². The lowest BCUT2D eigenvalue weighted by molar-refractivity contribution is -0.642. The number of fused-ring (bicyclic) bond motifs is 2. The van der Waals surface area contributed by atoms with Crippen LogP contribution in [0.5, 0.6) is 11.5 Å². The maximum absolute atomic E-state index is 9.22. The summed E-state index contributed by atoms with van der Waals surface area (Å²) in [5, 5.41) is 2.39. The minimum Gasteiger partial charge on any atom is -0.726 e. The molecule has 4 rings (SSSR count). The largest absolute Gasteiger partial charge is 0.726 e. The van der Waals surface area contributed by atoms with Crippen molar-refractivity contribution in [3.05, 3.63) is 58.6 Å². The fraction of sp³-hybridized carbons (Fsp3) is 0.227. The Morgan fingerprint density at radius 3 is 2.33 bits per heavy atom. The first kappa shape index (κ1) is 25.1. The van der Waals surface area contributed by atoms with Crippen molar-refractivity contribution in [2.75, 3.05) is 33.3 Å². The Hall–Kier alpha value is -2.57. The van der Waals surface area contributed by atoms with Crippen molar-refractivity contribution in [1.82, 2.24) is 0 Å². The van der Waals surface area contributed by atoms with E-state index in [1.54, 1.807) is 37.3 Å². The van der Waals surface area contributed by atoms with Gasteiger partial charge in [-0.25, -0.2) is 8.42 Å². The van der Waals surface area contributed by atoms with Gasteiger partial charge in [0.1, 0.15) is 23.2 Å². The summed E-state index contributed by atoms with van der Waals surface area (Å²) >= 11 is 3.55. The Morgan fingerprint density at radius 1 is 1.06 bits per heavy atom. The van der Waals surface area contributed by atoms with Crippen molar-refractivity contribution < 1.29 is 31.2 Å². The fourth-order valence-electron chi connectivity index (χ4n) is 3.05. The first-order valence-electron chi connectivity index (χ1n) is 9.63.